The van der Waals surface area contributed by atoms with Gasteiger partial charge in [-0.2, -0.15) is 0 Å². The van der Waals surface area contributed by atoms with Crippen molar-refractivity contribution in [3.63, 3.8) is 0 Å². The van der Waals surface area contributed by atoms with Crippen LogP contribution in [-0.2, 0) is 6.54 Å². The summed E-state index contributed by atoms with van der Waals surface area (Å²) in [5.41, 5.74) is 1.87. The predicted molar refractivity (Wildman–Crippen MR) is 84.3 cm³/mol. The SMILES string of the molecule is OCC(NCc1cc2ccccc2o1)c1ccc(Cl)cc1. The van der Waals surface area contributed by atoms with Gasteiger partial charge in [-0.15, -0.1) is 0 Å². The van der Waals surface area contributed by atoms with Crippen LogP contribution < -0.4 is 5.32 Å². The minimum Gasteiger partial charge on any atom is -0.460 e. The Bertz CT molecular complexity index is 688. The first-order chi connectivity index (χ1) is 10.3. The number of para-hydroxylation sites is 1. The van der Waals surface area contributed by atoms with Gasteiger partial charge in [-0.3, -0.25) is 0 Å². The van der Waals surface area contributed by atoms with Crippen LogP contribution in [0.2, 0.25) is 5.02 Å². The molecule has 1 aromatic heterocycles. The largest absolute Gasteiger partial charge is 0.460 e. The number of fused-ring (bicyclic) bond motifs is 1. The number of halogens is 1. The topological polar surface area (TPSA) is 45.4 Å². The van der Waals surface area contributed by atoms with Gasteiger partial charge in [0, 0.05) is 10.4 Å². The maximum atomic E-state index is 9.54. The molecule has 0 saturated carbocycles. The Labute approximate surface area is 128 Å². The van der Waals surface area contributed by atoms with E-state index in [4.69, 9.17) is 16.0 Å². The molecule has 1 atom stereocenters. The van der Waals surface area contributed by atoms with E-state index in [9.17, 15) is 5.11 Å². The van der Waals surface area contributed by atoms with Crippen LogP contribution in [0.1, 0.15) is 17.4 Å². The van der Waals surface area contributed by atoms with Crippen LogP contribution >= 0.6 is 11.6 Å². The first-order valence-corrected chi connectivity index (χ1v) is 7.21. The molecule has 3 nitrogen and oxygen atoms in total. The lowest BCUT2D eigenvalue weighted by Gasteiger charge is -2.15. The second-order valence-corrected chi connectivity index (χ2v) is 5.35. The van der Waals surface area contributed by atoms with E-state index in [-0.39, 0.29) is 12.6 Å². The number of aliphatic hydroxyl groups is 1. The van der Waals surface area contributed by atoms with E-state index in [0.29, 0.717) is 11.6 Å². The Morgan fingerprint density at radius 3 is 2.57 bits per heavy atom. The van der Waals surface area contributed by atoms with Gasteiger partial charge in [-0.1, -0.05) is 41.9 Å². The lowest BCUT2D eigenvalue weighted by atomic mass is 10.1. The molecule has 108 valence electrons. The molecule has 0 amide bonds. The van der Waals surface area contributed by atoms with E-state index >= 15 is 0 Å². The quantitative estimate of drug-likeness (QED) is 0.751. The lowest BCUT2D eigenvalue weighted by Crippen LogP contribution is -2.23. The Kier molecular flexibility index (Phi) is 4.25. The highest BCUT2D eigenvalue weighted by molar-refractivity contribution is 6.30. The van der Waals surface area contributed by atoms with Crippen molar-refractivity contribution in [1.82, 2.24) is 5.32 Å². The third kappa shape index (κ3) is 3.27. The molecule has 3 aromatic rings. The van der Waals surface area contributed by atoms with Gasteiger partial charge < -0.3 is 14.8 Å². The molecule has 0 fully saturated rings. The van der Waals surface area contributed by atoms with Crippen LogP contribution in [0.4, 0.5) is 0 Å². The molecule has 4 heteroatoms. The zero-order valence-corrected chi connectivity index (χ0v) is 12.2. The number of furan rings is 1. The Morgan fingerprint density at radius 1 is 1.10 bits per heavy atom. The maximum absolute atomic E-state index is 9.54. The van der Waals surface area contributed by atoms with Gasteiger partial charge in [0.25, 0.3) is 0 Å². The number of hydrogen-bond acceptors (Lipinski definition) is 3. The molecular weight excluding hydrogens is 286 g/mol. The van der Waals surface area contributed by atoms with Gasteiger partial charge in [-0.05, 0) is 29.8 Å². The average Bonchev–Trinajstić information content (AvgIpc) is 2.92. The number of rotatable bonds is 5. The van der Waals surface area contributed by atoms with E-state index in [1.165, 1.54) is 0 Å². The minimum absolute atomic E-state index is 0.0157. The highest BCUT2D eigenvalue weighted by Crippen LogP contribution is 2.20. The fourth-order valence-corrected chi connectivity index (χ4v) is 2.46. The number of nitrogens with one attached hydrogen (secondary N) is 1. The van der Waals surface area contributed by atoms with Gasteiger partial charge in [-0.25, -0.2) is 0 Å². The van der Waals surface area contributed by atoms with Crippen molar-refractivity contribution in [3.05, 3.63) is 70.9 Å². The van der Waals surface area contributed by atoms with Crippen LogP contribution in [0.15, 0.2) is 59.0 Å². The molecule has 3 rings (SSSR count). The van der Waals surface area contributed by atoms with Crippen LogP contribution in [0.5, 0.6) is 0 Å². The second kappa shape index (κ2) is 6.31. The zero-order chi connectivity index (χ0) is 14.7. The molecule has 0 radical (unpaired) electrons. The summed E-state index contributed by atoms with van der Waals surface area (Å²) in [6, 6.07) is 17.2. The summed E-state index contributed by atoms with van der Waals surface area (Å²) < 4.78 is 5.75. The fraction of sp³-hybridized carbons (Fsp3) is 0.176. The van der Waals surface area contributed by atoms with E-state index < -0.39 is 0 Å². The Hall–Kier alpha value is -1.81. The zero-order valence-electron chi connectivity index (χ0n) is 11.4. The van der Waals surface area contributed by atoms with E-state index in [0.717, 1.165) is 22.3 Å². The van der Waals surface area contributed by atoms with E-state index in [2.05, 4.69) is 5.32 Å². The second-order valence-electron chi connectivity index (χ2n) is 4.92. The molecule has 0 bridgehead atoms. The van der Waals surface area contributed by atoms with Gasteiger partial charge in [0.05, 0.1) is 19.2 Å². The van der Waals surface area contributed by atoms with Gasteiger partial charge in [0.1, 0.15) is 11.3 Å². The van der Waals surface area contributed by atoms with Crippen LogP contribution in [0, 0.1) is 0 Å². The van der Waals surface area contributed by atoms with Crippen molar-refractivity contribution in [2.75, 3.05) is 6.61 Å². The van der Waals surface area contributed by atoms with Gasteiger partial charge in [0.2, 0.25) is 0 Å². The van der Waals surface area contributed by atoms with E-state index in [1.54, 1.807) is 0 Å². The Balaban J connectivity index is 1.71. The molecule has 21 heavy (non-hydrogen) atoms. The standard InChI is InChI=1S/C17H16ClNO2/c18-14-7-5-12(6-8-14)16(11-20)19-10-15-9-13-3-1-2-4-17(13)21-15/h1-9,16,19-20H,10-11H2. The lowest BCUT2D eigenvalue weighted by molar-refractivity contribution is 0.241. The molecule has 1 unspecified atom stereocenters. The maximum Gasteiger partial charge on any atom is 0.134 e. The number of benzene rings is 2. The Morgan fingerprint density at radius 2 is 1.86 bits per heavy atom. The van der Waals surface area contributed by atoms with Crippen molar-refractivity contribution in [3.8, 4) is 0 Å². The predicted octanol–water partition coefficient (Wildman–Crippen LogP) is 3.91. The molecule has 2 aromatic carbocycles. The first-order valence-electron chi connectivity index (χ1n) is 6.83. The molecule has 0 spiro atoms. The van der Waals surface area contributed by atoms with Crippen LogP contribution in [0.3, 0.4) is 0 Å². The van der Waals surface area contributed by atoms with Gasteiger partial charge >= 0.3 is 0 Å². The van der Waals surface area contributed by atoms with E-state index in [1.807, 2.05) is 54.6 Å². The first kappa shape index (κ1) is 14.1. The summed E-state index contributed by atoms with van der Waals surface area (Å²) in [7, 11) is 0. The van der Waals surface area contributed by atoms with Crippen molar-refractivity contribution in [2.45, 2.75) is 12.6 Å². The van der Waals surface area contributed by atoms with Crippen molar-refractivity contribution >= 4 is 22.6 Å². The van der Waals surface area contributed by atoms with Crippen LogP contribution in [0.25, 0.3) is 11.0 Å². The molecule has 2 N–H and O–H groups in total. The molecular formula is C17H16ClNO2. The molecule has 0 saturated heterocycles. The number of hydrogen-bond donors (Lipinski definition) is 2. The summed E-state index contributed by atoms with van der Waals surface area (Å²) in [5.74, 6) is 0.851. The average molecular weight is 302 g/mol. The molecule has 0 aliphatic heterocycles. The molecule has 1 heterocycles. The number of aliphatic hydroxyl groups excluding tert-OH is 1. The highest BCUT2D eigenvalue weighted by atomic mass is 35.5. The molecule has 0 aliphatic carbocycles. The fourth-order valence-electron chi connectivity index (χ4n) is 2.33. The monoisotopic (exact) mass is 301 g/mol. The summed E-state index contributed by atoms with van der Waals surface area (Å²) in [6.45, 7) is 0.574. The van der Waals surface area contributed by atoms with Gasteiger partial charge in [0.15, 0.2) is 0 Å². The molecule has 0 aliphatic rings. The summed E-state index contributed by atoms with van der Waals surface area (Å²) >= 11 is 5.88. The normalized spacial score (nSPS) is 12.7. The smallest absolute Gasteiger partial charge is 0.134 e. The highest BCUT2D eigenvalue weighted by Gasteiger charge is 2.11. The summed E-state index contributed by atoms with van der Waals surface area (Å²) in [5, 5.41) is 14.6. The van der Waals surface area contributed by atoms with Crippen molar-refractivity contribution in [2.24, 2.45) is 0 Å². The van der Waals surface area contributed by atoms with Crippen LogP contribution in [-0.4, -0.2) is 11.7 Å². The minimum atomic E-state index is -0.143. The third-order valence-electron chi connectivity index (χ3n) is 3.45. The summed E-state index contributed by atoms with van der Waals surface area (Å²) in [4.78, 5) is 0. The van der Waals surface area contributed by atoms with Crippen molar-refractivity contribution in [1.29, 1.82) is 0 Å². The third-order valence-corrected chi connectivity index (χ3v) is 3.71. The van der Waals surface area contributed by atoms with Crippen molar-refractivity contribution < 1.29 is 9.52 Å². The summed E-state index contributed by atoms with van der Waals surface area (Å²) in [6.07, 6.45) is 0.